The van der Waals surface area contributed by atoms with Gasteiger partial charge >= 0.3 is 0 Å². The van der Waals surface area contributed by atoms with Crippen molar-refractivity contribution in [1.82, 2.24) is 9.62 Å². The second-order valence-electron chi connectivity index (χ2n) is 5.79. The lowest BCUT2D eigenvalue weighted by atomic mass is 10.2. The van der Waals surface area contributed by atoms with Gasteiger partial charge in [-0.2, -0.15) is 4.31 Å². The van der Waals surface area contributed by atoms with Crippen LogP contribution in [0.1, 0.15) is 29.8 Å². The highest BCUT2D eigenvalue weighted by atomic mass is 32.2. The molecule has 0 saturated heterocycles. The Balaban J connectivity index is 2.34. The SMILES string of the molecule is CCNC(=O)CN(Cc1ccccc1)S(=O)(=O)c1ccc(C(C)=O)cc1. The molecule has 1 N–H and O–H groups in total. The van der Waals surface area contributed by atoms with Gasteiger partial charge in [0.2, 0.25) is 15.9 Å². The van der Waals surface area contributed by atoms with Crippen LogP contribution in [0.5, 0.6) is 0 Å². The average Bonchev–Trinajstić information content (AvgIpc) is 2.62. The molecule has 0 aromatic heterocycles. The first-order valence-electron chi connectivity index (χ1n) is 8.26. The quantitative estimate of drug-likeness (QED) is 0.718. The van der Waals surface area contributed by atoms with Gasteiger partial charge in [-0.25, -0.2) is 8.42 Å². The van der Waals surface area contributed by atoms with Crippen LogP contribution in [-0.4, -0.2) is 37.5 Å². The van der Waals surface area contributed by atoms with Crippen LogP contribution in [0.2, 0.25) is 0 Å². The molecule has 2 aromatic carbocycles. The van der Waals surface area contributed by atoms with Crippen molar-refractivity contribution in [1.29, 1.82) is 0 Å². The lowest BCUT2D eigenvalue weighted by molar-refractivity contribution is -0.121. The Morgan fingerprint density at radius 3 is 2.15 bits per heavy atom. The number of rotatable bonds is 8. The molecule has 0 fully saturated rings. The molecule has 0 radical (unpaired) electrons. The van der Waals surface area contributed by atoms with Crippen molar-refractivity contribution in [3.63, 3.8) is 0 Å². The number of benzene rings is 2. The van der Waals surface area contributed by atoms with Gasteiger partial charge in [0.05, 0.1) is 11.4 Å². The molecule has 0 atom stereocenters. The smallest absolute Gasteiger partial charge is 0.243 e. The first-order valence-corrected chi connectivity index (χ1v) is 9.70. The van der Waals surface area contributed by atoms with Crippen LogP contribution in [0.3, 0.4) is 0 Å². The van der Waals surface area contributed by atoms with E-state index in [0.717, 1.165) is 9.87 Å². The summed E-state index contributed by atoms with van der Waals surface area (Å²) in [6, 6.07) is 14.8. The number of sulfonamides is 1. The molecule has 0 bridgehead atoms. The number of hydrogen-bond donors (Lipinski definition) is 1. The average molecular weight is 374 g/mol. The maximum absolute atomic E-state index is 13.0. The minimum absolute atomic E-state index is 0.0442. The Morgan fingerprint density at radius 1 is 1.00 bits per heavy atom. The van der Waals surface area contributed by atoms with E-state index in [-0.39, 0.29) is 29.7 Å². The Bertz CT molecular complexity index is 862. The maximum Gasteiger partial charge on any atom is 0.243 e. The standard InChI is InChI=1S/C19H22N2O4S/c1-3-20-19(23)14-21(13-16-7-5-4-6-8-16)26(24,25)18-11-9-17(10-12-18)15(2)22/h4-12H,3,13-14H2,1-2H3,(H,20,23). The highest BCUT2D eigenvalue weighted by Gasteiger charge is 2.26. The molecule has 0 saturated carbocycles. The number of nitrogens with one attached hydrogen (secondary N) is 1. The van der Waals surface area contributed by atoms with Gasteiger partial charge < -0.3 is 5.32 Å². The van der Waals surface area contributed by atoms with Crippen LogP contribution >= 0.6 is 0 Å². The van der Waals surface area contributed by atoms with Gasteiger partial charge in [-0.1, -0.05) is 42.5 Å². The summed E-state index contributed by atoms with van der Waals surface area (Å²) >= 11 is 0. The zero-order valence-electron chi connectivity index (χ0n) is 14.8. The molecule has 0 aliphatic rings. The number of carbonyl (C=O) groups excluding carboxylic acids is 2. The van der Waals surface area contributed by atoms with E-state index in [1.165, 1.54) is 31.2 Å². The summed E-state index contributed by atoms with van der Waals surface area (Å²) < 4.78 is 27.2. The number of amides is 1. The van der Waals surface area contributed by atoms with Crippen LogP contribution in [0, 0.1) is 0 Å². The molecule has 26 heavy (non-hydrogen) atoms. The van der Waals surface area contributed by atoms with Crippen LogP contribution in [0.4, 0.5) is 0 Å². The molecule has 2 rings (SSSR count). The number of ketones is 1. The van der Waals surface area contributed by atoms with Gasteiger partial charge in [-0.05, 0) is 31.5 Å². The summed E-state index contributed by atoms with van der Waals surface area (Å²) in [5, 5.41) is 2.62. The fraction of sp³-hybridized carbons (Fsp3) is 0.263. The predicted octanol–water partition coefficient (Wildman–Crippen LogP) is 2.22. The number of likely N-dealkylation sites (N-methyl/N-ethyl adjacent to an activating group) is 1. The Hall–Kier alpha value is -2.51. The maximum atomic E-state index is 13.0. The Labute approximate surface area is 153 Å². The van der Waals surface area contributed by atoms with Crippen LogP contribution in [0.25, 0.3) is 0 Å². The van der Waals surface area contributed by atoms with Gasteiger partial charge in [0.15, 0.2) is 5.78 Å². The van der Waals surface area contributed by atoms with E-state index >= 15 is 0 Å². The van der Waals surface area contributed by atoms with Gasteiger partial charge in [-0.15, -0.1) is 0 Å². The molecule has 6 nitrogen and oxygen atoms in total. The molecule has 0 spiro atoms. The summed E-state index contributed by atoms with van der Waals surface area (Å²) in [5.74, 6) is -0.509. The third-order valence-corrected chi connectivity index (χ3v) is 5.60. The second kappa shape index (κ2) is 8.73. The summed E-state index contributed by atoms with van der Waals surface area (Å²) in [7, 11) is -3.89. The fourth-order valence-corrected chi connectivity index (χ4v) is 3.82. The number of hydrogen-bond acceptors (Lipinski definition) is 4. The molecule has 0 aliphatic carbocycles. The van der Waals surface area contributed by atoms with Crippen molar-refractivity contribution in [3.05, 3.63) is 65.7 Å². The largest absolute Gasteiger partial charge is 0.355 e. The monoisotopic (exact) mass is 374 g/mol. The molecule has 0 heterocycles. The van der Waals surface area contributed by atoms with Crippen molar-refractivity contribution >= 4 is 21.7 Å². The first kappa shape index (κ1) is 19.8. The van der Waals surface area contributed by atoms with Crippen molar-refractivity contribution in [2.45, 2.75) is 25.3 Å². The summed E-state index contributed by atoms with van der Waals surface area (Å²) in [6.07, 6.45) is 0. The lowest BCUT2D eigenvalue weighted by Gasteiger charge is -2.22. The highest BCUT2D eigenvalue weighted by molar-refractivity contribution is 7.89. The van der Waals surface area contributed by atoms with E-state index in [2.05, 4.69) is 5.32 Å². The second-order valence-corrected chi connectivity index (χ2v) is 7.73. The summed E-state index contributed by atoms with van der Waals surface area (Å²) in [6.45, 7) is 3.41. The van der Waals surface area contributed by atoms with E-state index in [0.29, 0.717) is 12.1 Å². The van der Waals surface area contributed by atoms with Crippen LogP contribution in [-0.2, 0) is 21.4 Å². The molecular weight excluding hydrogens is 352 g/mol. The van der Waals surface area contributed by atoms with Crippen molar-refractivity contribution < 1.29 is 18.0 Å². The Morgan fingerprint density at radius 2 is 1.62 bits per heavy atom. The molecule has 0 aliphatic heterocycles. The van der Waals surface area contributed by atoms with Gasteiger partial charge in [0.1, 0.15) is 0 Å². The van der Waals surface area contributed by atoms with E-state index in [1.807, 2.05) is 18.2 Å². The van der Waals surface area contributed by atoms with E-state index in [9.17, 15) is 18.0 Å². The van der Waals surface area contributed by atoms with E-state index in [1.54, 1.807) is 19.1 Å². The molecule has 0 unspecified atom stereocenters. The molecule has 2 aromatic rings. The lowest BCUT2D eigenvalue weighted by Crippen LogP contribution is -2.40. The van der Waals surface area contributed by atoms with Crippen molar-refractivity contribution in [2.75, 3.05) is 13.1 Å². The molecule has 7 heteroatoms. The third kappa shape index (κ3) is 5.00. The van der Waals surface area contributed by atoms with Gasteiger partial charge in [0.25, 0.3) is 0 Å². The van der Waals surface area contributed by atoms with E-state index < -0.39 is 10.0 Å². The Kier molecular flexibility index (Phi) is 6.65. The molecular formula is C19H22N2O4S. The molecule has 138 valence electrons. The minimum Gasteiger partial charge on any atom is -0.355 e. The fourth-order valence-electron chi connectivity index (χ4n) is 2.44. The first-order chi connectivity index (χ1) is 12.3. The highest BCUT2D eigenvalue weighted by Crippen LogP contribution is 2.19. The number of carbonyl (C=O) groups is 2. The van der Waals surface area contributed by atoms with Crippen molar-refractivity contribution in [2.24, 2.45) is 0 Å². The summed E-state index contributed by atoms with van der Waals surface area (Å²) in [4.78, 5) is 23.4. The van der Waals surface area contributed by atoms with Crippen LogP contribution in [0.15, 0.2) is 59.5 Å². The zero-order valence-corrected chi connectivity index (χ0v) is 15.6. The third-order valence-electron chi connectivity index (χ3n) is 3.79. The number of nitrogens with zero attached hydrogens (tertiary/aromatic N) is 1. The van der Waals surface area contributed by atoms with E-state index in [4.69, 9.17) is 0 Å². The van der Waals surface area contributed by atoms with Gasteiger partial charge in [-0.3, -0.25) is 9.59 Å². The normalized spacial score (nSPS) is 11.3. The van der Waals surface area contributed by atoms with Gasteiger partial charge in [0, 0.05) is 18.7 Å². The van der Waals surface area contributed by atoms with Crippen LogP contribution < -0.4 is 5.32 Å². The van der Waals surface area contributed by atoms with Crippen molar-refractivity contribution in [3.8, 4) is 0 Å². The molecule has 1 amide bonds. The minimum atomic E-state index is -3.89. The topological polar surface area (TPSA) is 83.6 Å². The predicted molar refractivity (Wildman–Crippen MR) is 99.2 cm³/mol. The number of Topliss-reactive ketones (excluding diaryl/α,β-unsaturated/α-hetero) is 1. The zero-order chi connectivity index (χ0) is 19.2. The summed E-state index contributed by atoms with van der Waals surface area (Å²) in [5.41, 5.74) is 1.21.